The molecule has 0 bridgehead atoms. The van der Waals surface area contributed by atoms with Crippen molar-refractivity contribution in [1.29, 1.82) is 0 Å². The molecule has 2 nitrogen and oxygen atoms in total. The number of hydrogen-bond donors (Lipinski definition) is 0. The van der Waals surface area contributed by atoms with Crippen LogP contribution in [0.1, 0.15) is 12.8 Å². The van der Waals surface area contributed by atoms with E-state index in [0.29, 0.717) is 0 Å². The number of rotatable bonds is 1. The first-order valence-corrected chi connectivity index (χ1v) is 4.04. The van der Waals surface area contributed by atoms with Gasteiger partial charge in [-0.15, -0.1) is 0 Å². The van der Waals surface area contributed by atoms with Gasteiger partial charge in [-0.05, 0) is 27.7 Å². The third kappa shape index (κ3) is 1.45. The Morgan fingerprint density at radius 2 is 2.38 bits per heavy atom. The summed E-state index contributed by atoms with van der Waals surface area (Å²) in [5.74, 6) is 0. The lowest BCUT2D eigenvalue weighted by Gasteiger charge is -2.21. The SMILES string of the molecule is O=CN1CCCCP1. The maximum absolute atomic E-state index is 10.1. The van der Waals surface area contributed by atoms with Gasteiger partial charge in [-0.3, -0.25) is 4.79 Å². The Bertz CT molecular complexity index is 80.5. The summed E-state index contributed by atoms with van der Waals surface area (Å²) < 4.78 is 1.86. The van der Waals surface area contributed by atoms with E-state index in [1.165, 1.54) is 19.0 Å². The fourth-order valence-corrected chi connectivity index (χ4v) is 1.88. The van der Waals surface area contributed by atoms with Crippen molar-refractivity contribution < 1.29 is 4.79 Å². The topological polar surface area (TPSA) is 20.3 Å². The van der Waals surface area contributed by atoms with Gasteiger partial charge in [0.1, 0.15) is 0 Å². The molecule has 1 aliphatic rings. The lowest BCUT2D eigenvalue weighted by molar-refractivity contribution is -0.114. The highest BCUT2D eigenvalue weighted by atomic mass is 31.1. The largest absolute Gasteiger partial charge is 0.327 e. The van der Waals surface area contributed by atoms with Crippen molar-refractivity contribution in [2.75, 3.05) is 12.7 Å². The summed E-state index contributed by atoms with van der Waals surface area (Å²) in [5.41, 5.74) is 0. The molecule has 0 aromatic carbocycles. The summed E-state index contributed by atoms with van der Waals surface area (Å²) in [6.07, 6.45) is 4.69. The summed E-state index contributed by atoms with van der Waals surface area (Å²) in [7, 11) is 0.758. The Balaban J connectivity index is 2.22. The highest BCUT2D eigenvalue weighted by molar-refractivity contribution is 7.36. The minimum atomic E-state index is 0.758. The molecule has 0 aromatic rings. The summed E-state index contributed by atoms with van der Waals surface area (Å²) in [6.45, 7) is 0.988. The average Bonchev–Trinajstić information content (AvgIpc) is 1.90. The molecule has 1 saturated heterocycles. The van der Waals surface area contributed by atoms with Crippen molar-refractivity contribution in [2.45, 2.75) is 12.8 Å². The highest BCUT2D eigenvalue weighted by Crippen LogP contribution is 2.22. The van der Waals surface area contributed by atoms with E-state index >= 15 is 0 Å². The van der Waals surface area contributed by atoms with Crippen LogP contribution < -0.4 is 0 Å². The van der Waals surface area contributed by atoms with E-state index in [1.54, 1.807) is 0 Å². The number of carbonyl (C=O) groups excluding carboxylic acids is 1. The molecule has 0 aromatic heterocycles. The number of nitrogens with zero attached hydrogens (tertiary/aromatic N) is 1. The van der Waals surface area contributed by atoms with E-state index in [0.717, 1.165) is 21.7 Å². The van der Waals surface area contributed by atoms with Gasteiger partial charge < -0.3 is 4.67 Å². The van der Waals surface area contributed by atoms with Gasteiger partial charge in [0.05, 0.1) is 0 Å². The second-order valence-corrected chi connectivity index (χ2v) is 3.30. The number of carbonyl (C=O) groups is 1. The molecule has 1 heterocycles. The van der Waals surface area contributed by atoms with Crippen LogP contribution in [0.2, 0.25) is 0 Å². The molecule has 1 fully saturated rings. The smallest absolute Gasteiger partial charge is 0.212 e. The Morgan fingerprint density at radius 3 is 2.75 bits per heavy atom. The van der Waals surface area contributed by atoms with Gasteiger partial charge in [-0.25, -0.2) is 0 Å². The van der Waals surface area contributed by atoms with Crippen LogP contribution in [-0.4, -0.2) is 23.8 Å². The number of amides is 1. The maximum atomic E-state index is 10.1. The Labute approximate surface area is 51.1 Å². The van der Waals surface area contributed by atoms with E-state index in [9.17, 15) is 4.79 Å². The second kappa shape index (κ2) is 3.03. The van der Waals surface area contributed by atoms with Crippen LogP contribution in [0.3, 0.4) is 0 Å². The van der Waals surface area contributed by atoms with E-state index in [-0.39, 0.29) is 0 Å². The zero-order chi connectivity index (χ0) is 5.82. The van der Waals surface area contributed by atoms with Gasteiger partial charge >= 0.3 is 0 Å². The van der Waals surface area contributed by atoms with Crippen molar-refractivity contribution in [3.63, 3.8) is 0 Å². The first kappa shape index (κ1) is 6.03. The van der Waals surface area contributed by atoms with Gasteiger partial charge in [0.2, 0.25) is 6.41 Å². The van der Waals surface area contributed by atoms with Gasteiger partial charge in [-0.1, -0.05) is 0 Å². The lowest BCUT2D eigenvalue weighted by Crippen LogP contribution is -2.17. The molecule has 3 heteroatoms. The van der Waals surface area contributed by atoms with Crippen LogP contribution in [0, 0.1) is 0 Å². The maximum Gasteiger partial charge on any atom is 0.212 e. The van der Waals surface area contributed by atoms with Crippen LogP contribution in [0.5, 0.6) is 0 Å². The van der Waals surface area contributed by atoms with Crippen molar-refractivity contribution in [3.05, 3.63) is 0 Å². The number of hydrogen-bond acceptors (Lipinski definition) is 1. The second-order valence-electron chi connectivity index (χ2n) is 1.91. The predicted molar refractivity (Wildman–Crippen MR) is 35.2 cm³/mol. The highest BCUT2D eigenvalue weighted by Gasteiger charge is 2.05. The van der Waals surface area contributed by atoms with Crippen LogP contribution >= 0.6 is 8.73 Å². The third-order valence-corrected chi connectivity index (χ3v) is 2.58. The van der Waals surface area contributed by atoms with Gasteiger partial charge in [0, 0.05) is 6.54 Å². The molecule has 0 spiro atoms. The summed E-state index contributed by atoms with van der Waals surface area (Å²) in [5, 5.41) is 0. The van der Waals surface area contributed by atoms with Crippen LogP contribution in [0.4, 0.5) is 0 Å². The molecule has 1 unspecified atom stereocenters. The molecule has 1 rings (SSSR count). The van der Waals surface area contributed by atoms with E-state index < -0.39 is 0 Å². The third-order valence-electron chi connectivity index (χ3n) is 1.27. The molecule has 0 N–H and O–H groups in total. The van der Waals surface area contributed by atoms with Crippen LogP contribution in [0.25, 0.3) is 0 Å². The summed E-state index contributed by atoms with van der Waals surface area (Å²) in [4.78, 5) is 10.1. The molecular weight excluding hydrogens is 121 g/mol. The molecule has 0 aliphatic carbocycles. The average molecular weight is 131 g/mol. The monoisotopic (exact) mass is 131 g/mol. The molecule has 8 heavy (non-hydrogen) atoms. The van der Waals surface area contributed by atoms with Crippen molar-refractivity contribution in [1.82, 2.24) is 4.67 Å². The van der Waals surface area contributed by atoms with E-state index in [2.05, 4.69) is 0 Å². The molecule has 0 saturated carbocycles. The van der Waals surface area contributed by atoms with Crippen LogP contribution in [-0.2, 0) is 4.79 Å². The zero-order valence-corrected chi connectivity index (χ0v) is 5.76. The predicted octanol–water partition coefficient (Wildman–Crippen LogP) is 0.832. The quantitative estimate of drug-likeness (QED) is 0.381. The molecule has 1 atom stereocenters. The zero-order valence-electron chi connectivity index (χ0n) is 4.76. The minimum Gasteiger partial charge on any atom is -0.327 e. The Kier molecular flexibility index (Phi) is 2.28. The van der Waals surface area contributed by atoms with Gasteiger partial charge in [-0.2, -0.15) is 0 Å². The first-order chi connectivity index (χ1) is 3.93. The normalized spacial score (nSPS) is 23.8. The first-order valence-electron chi connectivity index (χ1n) is 2.89. The van der Waals surface area contributed by atoms with Crippen molar-refractivity contribution in [2.24, 2.45) is 0 Å². The summed E-state index contributed by atoms with van der Waals surface area (Å²) in [6, 6.07) is 0. The van der Waals surface area contributed by atoms with Crippen molar-refractivity contribution >= 4 is 15.1 Å². The van der Waals surface area contributed by atoms with Crippen LogP contribution in [0.15, 0.2) is 0 Å². The lowest BCUT2D eigenvalue weighted by atomic mass is 10.3. The molecular formula is C5H10NOP. The molecule has 46 valence electrons. The minimum absolute atomic E-state index is 0.758. The Hall–Kier alpha value is -0.100. The molecule has 1 amide bonds. The van der Waals surface area contributed by atoms with Gasteiger partial charge in [0.25, 0.3) is 0 Å². The standard InChI is InChI=1S/C5H10NOP/c7-5-6-3-1-2-4-8-6/h5,8H,1-4H2. The fraction of sp³-hybridized carbons (Fsp3) is 0.800. The van der Waals surface area contributed by atoms with Crippen molar-refractivity contribution in [3.8, 4) is 0 Å². The molecule has 0 radical (unpaired) electrons. The van der Waals surface area contributed by atoms with Gasteiger partial charge in [0.15, 0.2) is 0 Å². The fourth-order valence-electron chi connectivity index (χ4n) is 0.799. The summed E-state index contributed by atoms with van der Waals surface area (Å²) >= 11 is 0. The molecule has 1 aliphatic heterocycles. The van der Waals surface area contributed by atoms with E-state index in [1.807, 2.05) is 4.67 Å². The Morgan fingerprint density at radius 1 is 1.50 bits per heavy atom. The van der Waals surface area contributed by atoms with E-state index in [4.69, 9.17) is 0 Å².